The van der Waals surface area contributed by atoms with E-state index in [4.69, 9.17) is 15.2 Å². The molecule has 3 heterocycles. The number of unbranched alkanes of at least 4 members (excludes halogenated alkanes) is 1. The van der Waals surface area contributed by atoms with E-state index in [0.29, 0.717) is 69.8 Å². The predicted octanol–water partition coefficient (Wildman–Crippen LogP) is 1.47. The van der Waals surface area contributed by atoms with E-state index in [0.717, 1.165) is 24.0 Å². The number of aryl methyl sites for hydroxylation is 1. The minimum absolute atomic E-state index is 0.0329. The van der Waals surface area contributed by atoms with Crippen LogP contribution in [0.5, 0.6) is 6.01 Å². The molecule has 1 amide bonds. The Morgan fingerprint density at radius 2 is 1.86 bits per heavy atom. The van der Waals surface area contributed by atoms with Gasteiger partial charge in [0.15, 0.2) is 11.5 Å². The number of H-pyrrole nitrogens is 1. The fraction of sp³-hybridized carbons (Fsp3) is 0.552. The van der Waals surface area contributed by atoms with Gasteiger partial charge in [0.1, 0.15) is 5.52 Å². The zero-order valence-corrected chi connectivity index (χ0v) is 24.4. The highest BCUT2D eigenvalue weighted by Gasteiger charge is 2.23. The maximum absolute atomic E-state index is 13.5. The van der Waals surface area contributed by atoms with Gasteiger partial charge in [-0.05, 0) is 36.8 Å². The summed E-state index contributed by atoms with van der Waals surface area (Å²) in [6, 6.07) is 7.65. The van der Waals surface area contributed by atoms with E-state index in [2.05, 4.69) is 26.8 Å². The highest BCUT2D eigenvalue weighted by Crippen LogP contribution is 2.19. The number of anilines is 1. The number of imidazole rings is 1. The normalized spacial score (nSPS) is 14.3. The van der Waals surface area contributed by atoms with Crippen LogP contribution in [0.2, 0.25) is 0 Å². The Morgan fingerprint density at radius 3 is 2.55 bits per heavy atom. The molecule has 0 radical (unpaired) electrons. The average Bonchev–Trinajstić information content (AvgIpc) is 3.30. The van der Waals surface area contributed by atoms with Crippen molar-refractivity contribution < 1.29 is 24.2 Å². The lowest BCUT2D eigenvalue weighted by molar-refractivity contribution is -0.139. The summed E-state index contributed by atoms with van der Waals surface area (Å²) in [4.78, 5) is 53.0. The number of nitrogens with one attached hydrogen (secondary N) is 1. The van der Waals surface area contributed by atoms with Gasteiger partial charge in [0.2, 0.25) is 5.91 Å². The first kappa shape index (κ1) is 31.0. The van der Waals surface area contributed by atoms with Gasteiger partial charge in [0.05, 0.1) is 32.8 Å². The first-order valence-corrected chi connectivity index (χ1v) is 14.5. The Hall–Kier alpha value is -3.97. The standard InChI is InChI=1S/C29H41N7O6/c1-3-4-16-42-28-32-26(30)25-27(33-28)36(29(40)31-25)13-5-12-35(23(38)19-34-14-10-22(37)11-15-34)18-21-8-6-20(7-9-21)17-24(39)41-2/h6-9,22,37H,3-5,10-19H2,1-2H3,(H,31,40)(H2,30,32,33). The molecule has 2 aromatic heterocycles. The van der Waals surface area contributed by atoms with Crippen molar-refractivity contribution in [2.45, 2.75) is 64.6 Å². The largest absolute Gasteiger partial charge is 0.469 e. The van der Waals surface area contributed by atoms with Crippen LogP contribution in [0, 0.1) is 0 Å². The number of fused-ring (bicyclic) bond motifs is 1. The van der Waals surface area contributed by atoms with E-state index < -0.39 is 0 Å². The van der Waals surface area contributed by atoms with Crippen LogP contribution in [0.25, 0.3) is 11.2 Å². The molecule has 1 aliphatic rings. The third kappa shape index (κ3) is 8.29. The number of likely N-dealkylation sites (tertiary alicyclic amines) is 1. The number of nitrogens with zero attached hydrogens (tertiary/aromatic N) is 5. The highest BCUT2D eigenvalue weighted by molar-refractivity contribution is 5.82. The van der Waals surface area contributed by atoms with Crippen molar-refractivity contribution in [2.24, 2.45) is 0 Å². The van der Waals surface area contributed by atoms with Gasteiger partial charge in [-0.1, -0.05) is 37.6 Å². The lowest BCUT2D eigenvalue weighted by Gasteiger charge is -2.31. The lowest BCUT2D eigenvalue weighted by atomic mass is 10.1. The van der Waals surface area contributed by atoms with Crippen molar-refractivity contribution >= 4 is 28.9 Å². The predicted molar refractivity (Wildman–Crippen MR) is 157 cm³/mol. The summed E-state index contributed by atoms with van der Waals surface area (Å²) in [5, 5.41) is 9.84. The number of ether oxygens (including phenoxy) is 2. The molecule has 0 aliphatic carbocycles. The van der Waals surface area contributed by atoms with Crippen LogP contribution in [0.4, 0.5) is 5.82 Å². The first-order valence-electron chi connectivity index (χ1n) is 14.5. The van der Waals surface area contributed by atoms with Gasteiger partial charge < -0.3 is 30.2 Å². The number of carbonyl (C=O) groups excluding carboxylic acids is 2. The van der Waals surface area contributed by atoms with E-state index in [1.807, 2.05) is 24.3 Å². The fourth-order valence-electron chi connectivity index (χ4n) is 4.91. The molecule has 0 atom stereocenters. The van der Waals surface area contributed by atoms with Gasteiger partial charge >= 0.3 is 17.7 Å². The van der Waals surface area contributed by atoms with Crippen molar-refractivity contribution in [2.75, 3.05) is 45.6 Å². The van der Waals surface area contributed by atoms with Gasteiger partial charge in [0.25, 0.3) is 0 Å². The molecule has 4 N–H and O–H groups in total. The average molecular weight is 584 g/mol. The molecule has 1 saturated heterocycles. The number of aromatic nitrogens is 4. The van der Waals surface area contributed by atoms with Gasteiger partial charge in [-0.25, -0.2) is 4.79 Å². The van der Waals surface area contributed by atoms with E-state index >= 15 is 0 Å². The first-order chi connectivity index (χ1) is 20.3. The van der Waals surface area contributed by atoms with Crippen molar-refractivity contribution in [3.05, 3.63) is 45.9 Å². The molecule has 13 nitrogen and oxygen atoms in total. The number of piperidine rings is 1. The number of nitrogen functional groups attached to an aromatic ring is 1. The topological polar surface area (TPSA) is 169 Å². The second kappa shape index (κ2) is 14.8. The Bertz CT molecular complexity index is 1400. The number of carbonyl (C=O) groups is 2. The number of aliphatic hydroxyl groups is 1. The maximum atomic E-state index is 13.5. The molecule has 1 aliphatic heterocycles. The quantitative estimate of drug-likeness (QED) is 0.187. The number of esters is 1. The lowest BCUT2D eigenvalue weighted by Crippen LogP contribution is -2.44. The minimum atomic E-state index is -0.359. The fourth-order valence-corrected chi connectivity index (χ4v) is 4.91. The van der Waals surface area contributed by atoms with Crippen LogP contribution in [-0.4, -0.2) is 92.3 Å². The molecule has 228 valence electrons. The van der Waals surface area contributed by atoms with Gasteiger partial charge in [0, 0.05) is 32.7 Å². The Balaban J connectivity index is 1.46. The smallest absolute Gasteiger partial charge is 0.327 e. The molecule has 1 aromatic carbocycles. The summed E-state index contributed by atoms with van der Waals surface area (Å²) >= 11 is 0. The Labute approximate surface area is 244 Å². The Kier molecular flexibility index (Phi) is 10.9. The third-order valence-electron chi connectivity index (χ3n) is 7.41. The van der Waals surface area contributed by atoms with Crippen LogP contribution >= 0.6 is 0 Å². The van der Waals surface area contributed by atoms with E-state index in [1.165, 1.54) is 11.7 Å². The summed E-state index contributed by atoms with van der Waals surface area (Å²) in [7, 11) is 1.36. The van der Waals surface area contributed by atoms with Crippen molar-refractivity contribution in [3.8, 4) is 6.01 Å². The number of aliphatic hydroxyl groups excluding tert-OH is 1. The second-order valence-electron chi connectivity index (χ2n) is 10.6. The van der Waals surface area contributed by atoms with E-state index in [-0.39, 0.29) is 48.5 Å². The summed E-state index contributed by atoms with van der Waals surface area (Å²) in [6.07, 6.45) is 3.45. The molecule has 3 aromatic rings. The zero-order valence-electron chi connectivity index (χ0n) is 24.4. The number of benzene rings is 1. The maximum Gasteiger partial charge on any atom is 0.327 e. The van der Waals surface area contributed by atoms with E-state index in [1.54, 1.807) is 4.90 Å². The van der Waals surface area contributed by atoms with Gasteiger partial charge in [-0.15, -0.1) is 0 Å². The monoisotopic (exact) mass is 583 g/mol. The molecule has 0 spiro atoms. The molecule has 1 fully saturated rings. The van der Waals surface area contributed by atoms with Gasteiger partial charge in [-0.3, -0.25) is 19.1 Å². The van der Waals surface area contributed by atoms with Crippen molar-refractivity contribution in [1.29, 1.82) is 0 Å². The molecule has 0 bridgehead atoms. The molecule has 4 rings (SSSR count). The van der Waals surface area contributed by atoms with Crippen LogP contribution in [0.1, 0.15) is 50.2 Å². The number of hydrogen-bond donors (Lipinski definition) is 3. The summed E-state index contributed by atoms with van der Waals surface area (Å²) in [5.41, 5.74) is 8.19. The number of nitrogens with two attached hydrogens (primary N) is 1. The SMILES string of the molecule is CCCCOc1nc(N)c2[nH]c(=O)n(CCCN(Cc3ccc(CC(=O)OC)cc3)C(=O)CN3CCC(O)CC3)c2n1. The van der Waals surface area contributed by atoms with Crippen LogP contribution < -0.4 is 16.2 Å². The van der Waals surface area contributed by atoms with Crippen molar-refractivity contribution in [1.82, 2.24) is 29.3 Å². The number of hydrogen-bond acceptors (Lipinski definition) is 10. The molecular formula is C29H41N7O6. The number of amides is 1. The number of rotatable bonds is 14. The molecule has 0 unspecified atom stereocenters. The Morgan fingerprint density at radius 1 is 1.14 bits per heavy atom. The third-order valence-corrected chi connectivity index (χ3v) is 7.41. The van der Waals surface area contributed by atoms with Gasteiger partial charge in [-0.2, -0.15) is 9.97 Å². The molecule has 42 heavy (non-hydrogen) atoms. The van der Waals surface area contributed by atoms with Crippen LogP contribution in [0.15, 0.2) is 29.1 Å². The molecule has 13 heteroatoms. The zero-order chi connectivity index (χ0) is 30.1. The summed E-state index contributed by atoms with van der Waals surface area (Å²) in [5.74, 6) is -0.207. The van der Waals surface area contributed by atoms with Crippen LogP contribution in [0.3, 0.4) is 0 Å². The molecular weight excluding hydrogens is 542 g/mol. The van der Waals surface area contributed by atoms with E-state index in [9.17, 15) is 19.5 Å². The highest BCUT2D eigenvalue weighted by atomic mass is 16.5. The summed E-state index contributed by atoms with van der Waals surface area (Å²) in [6.45, 7) is 5.17. The van der Waals surface area contributed by atoms with Crippen molar-refractivity contribution in [3.63, 3.8) is 0 Å². The van der Waals surface area contributed by atoms with Crippen LogP contribution in [-0.2, 0) is 33.8 Å². The minimum Gasteiger partial charge on any atom is -0.469 e. The summed E-state index contributed by atoms with van der Waals surface area (Å²) < 4.78 is 11.9. The number of methoxy groups -OCH3 is 1. The molecule has 0 saturated carbocycles. The number of aromatic amines is 1. The second-order valence-corrected chi connectivity index (χ2v) is 10.6.